The third-order valence-corrected chi connectivity index (χ3v) is 5.77. The average molecular weight is 408 g/mol. The summed E-state index contributed by atoms with van der Waals surface area (Å²) in [5.41, 5.74) is -0.139. The van der Waals surface area contributed by atoms with Crippen LogP contribution in [0.25, 0.3) is 0 Å². The number of carbonyl (C=O) groups excluding carboxylic acids is 1. The van der Waals surface area contributed by atoms with Crippen LogP contribution in [0.15, 0.2) is 29.2 Å². The Morgan fingerprint density at radius 3 is 2.46 bits per heavy atom. The van der Waals surface area contributed by atoms with Gasteiger partial charge in [-0.05, 0) is 52.0 Å². The molecule has 0 aliphatic carbocycles. The van der Waals surface area contributed by atoms with E-state index in [1.54, 1.807) is 0 Å². The number of hydrogen-bond acceptors (Lipinski definition) is 5. The quantitative estimate of drug-likeness (QED) is 0.705. The summed E-state index contributed by atoms with van der Waals surface area (Å²) in [7, 11) is -4.18. The molecule has 2 unspecified atom stereocenters. The first-order valence-corrected chi connectivity index (χ1v) is 10.1. The summed E-state index contributed by atoms with van der Waals surface area (Å²) in [4.78, 5) is 23.2. The lowest BCUT2D eigenvalue weighted by molar-refractivity contribution is -0.144. The van der Waals surface area contributed by atoms with Crippen LogP contribution in [0.5, 0.6) is 5.75 Å². The van der Waals surface area contributed by atoms with Crippen molar-refractivity contribution in [1.82, 2.24) is 9.62 Å². The van der Waals surface area contributed by atoms with Crippen LogP contribution < -0.4 is 10.1 Å². The number of piperazine rings is 1. The van der Waals surface area contributed by atoms with E-state index in [0.29, 0.717) is 10.1 Å². The largest absolute Gasteiger partial charge is 0.481 e. The zero-order valence-electron chi connectivity index (χ0n) is 16.2. The van der Waals surface area contributed by atoms with E-state index in [2.05, 4.69) is 17.2 Å². The average Bonchev–Trinajstić information content (AvgIpc) is 2.57. The Bertz CT molecular complexity index is 906. The first-order chi connectivity index (χ1) is 12.9. The third kappa shape index (κ3) is 5.24. The fraction of sp³-hybridized carbons (Fsp3) is 0.474. The molecule has 0 radical (unpaired) electrons. The Morgan fingerprint density at radius 1 is 1.32 bits per heavy atom. The van der Waals surface area contributed by atoms with Crippen LogP contribution in [-0.4, -0.2) is 54.9 Å². The van der Waals surface area contributed by atoms with Crippen molar-refractivity contribution in [1.29, 1.82) is 0 Å². The first-order valence-electron chi connectivity index (χ1n) is 8.69. The highest BCUT2D eigenvalue weighted by atomic mass is 32.2. The third-order valence-electron chi connectivity index (χ3n) is 3.93. The second kappa shape index (κ2) is 8.20. The van der Waals surface area contributed by atoms with Crippen molar-refractivity contribution in [3.05, 3.63) is 24.3 Å². The van der Waals surface area contributed by atoms with Crippen LogP contribution >= 0.6 is 0 Å². The molecular formula is C19H24N2O6S. The standard InChI is InChI=1S/C19H24N2O6S/c1-13-17(18(23)24)21(12-16(22)20-13)28(25,26)15-8-6-14(7-9-15)27-11-5-10-19(2,3)4/h6-9,13,17H,11-12H2,1-4H3,(H,20,22)(H,23,24). The maximum absolute atomic E-state index is 12.9. The van der Waals surface area contributed by atoms with E-state index in [0.717, 1.165) is 0 Å². The summed E-state index contributed by atoms with van der Waals surface area (Å²) < 4.78 is 32.0. The lowest BCUT2D eigenvalue weighted by Gasteiger charge is -2.36. The van der Waals surface area contributed by atoms with Crippen LogP contribution in [0, 0.1) is 17.3 Å². The van der Waals surface area contributed by atoms with Gasteiger partial charge in [0.1, 0.15) is 18.4 Å². The zero-order valence-corrected chi connectivity index (χ0v) is 17.0. The van der Waals surface area contributed by atoms with Crippen LogP contribution in [0.3, 0.4) is 0 Å². The molecule has 0 aromatic heterocycles. The van der Waals surface area contributed by atoms with Crippen molar-refractivity contribution < 1.29 is 27.9 Å². The molecule has 2 N–H and O–H groups in total. The number of hydrogen-bond donors (Lipinski definition) is 2. The van der Waals surface area contributed by atoms with Crippen molar-refractivity contribution in [2.75, 3.05) is 13.2 Å². The maximum Gasteiger partial charge on any atom is 0.324 e. The lowest BCUT2D eigenvalue weighted by atomic mass is 9.98. The van der Waals surface area contributed by atoms with Gasteiger partial charge in [0, 0.05) is 5.41 Å². The predicted octanol–water partition coefficient (Wildman–Crippen LogP) is 1.08. The van der Waals surface area contributed by atoms with Gasteiger partial charge in [0.2, 0.25) is 15.9 Å². The Kier molecular flexibility index (Phi) is 6.37. The van der Waals surface area contributed by atoms with Gasteiger partial charge in [-0.1, -0.05) is 11.8 Å². The molecule has 1 amide bonds. The summed E-state index contributed by atoms with van der Waals surface area (Å²) >= 11 is 0. The monoisotopic (exact) mass is 408 g/mol. The summed E-state index contributed by atoms with van der Waals surface area (Å²) in [5.74, 6) is 4.47. The number of sulfonamides is 1. The number of ether oxygens (including phenoxy) is 1. The minimum Gasteiger partial charge on any atom is -0.481 e. The molecule has 1 aliphatic heterocycles. The molecule has 28 heavy (non-hydrogen) atoms. The number of benzene rings is 1. The molecule has 1 heterocycles. The molecule has 152 valence electrons. The highest BCUT2D eigenvalue weighted by Crippen LogP contribution is 2.24. The SMILES string of the molecule is CC1NC(=O)CN(S(=O)(=O)c2ccc(OCC#CC(C)(C)C)cc2)C1C(=O)O. The summed E-state index contributed by atoms with van der Waals surface area (Å²) in [6.45, 7) is 7.00. The Morgan fingerprint density at radius 2 is 1.93 bits per heavy atom. The van der Waals surface area contributed by atoms with Gasteiger partial charge in [-0.3, -0.25) is 9.59 Å². The van der Waals surface area contributed by atoms with Gasteiger partial charge in [-0.2, -0.15) is 4.31 Å². The first kappa shape index (κ1) is 21.7. The van der Waals surface area contributed by atoms with Gasteiger partial charge in [0.05, 0.1) is 17.5 Å². The highest BCUT2D eigenvalue weighted by molar-refractivity contribution is 7.89. The van der Waals surface area contributed by atoms with E-state index in [1.807, 2.05) is 20.8 Å². The normalized spacial score (nSPS) is 20.6. The number of nitrogens with zero attached hydrogens (tertiary/aromatic N) is 1. The van der Waals surface area contributed by atoms with Crippen LogP contribution in [0.1, 0.15) is 27.7 Å². The topological polar surface area (TPSA) is 113 Å². The van der Waals surface area contributed by atoms with E-state index < -0.39 is 40.5 Å². The molecule has 1 saturated heterocycles. The van der Waals surface area contributed by atoms with E-state index in [9.17, 15) is 23.1 Å². The molecule has 0 bridgehead atoms. The molecule has 1 aromatic carbocycles. The number of carboxylic acid groups (broad SMARTS) is 1. The second-order valence-electron chi connectivity index (χ2n) is 7.50. The summed E-state index contributed by atoms with van der Waals surface area (Å²) in [6.07, 6.45) is 0. The number of nitrogens with one attached hydrogen (secondary N) is 1. The van der Waals surface area contributed by atoms with Gasteiger partial charge in [-0.15, -0.1) is 0 Å². The number of carboxylic acids is 1. The molecule has 0 spiro atoms. The van der Waals surface area contributed by atoms with Crippen molar-refractivity contribution in [2.45, 2.75) is 44.7 Å². The van der Waals surface area contributed by atoms with E-state index >= 15 is 0 Å². The van der Waals surface area contributed by atoms with E-state index in [1.165, 1.54) is 31.2 Å². The number of rotatable bonds is 5. The number of aliphatic carboxylic acids is 1. The molecule has 8 nitrogen and oxygen atoms in total. The van der Waals surface area contributed by atoms with Crippen molar-refractivity contribution in [2.24, 2.45) is 5.41 Å². The summed E-state index contributed by atoms with van der Waals surface area (Å²) in [6, 6.07) is 3.34. The number of carbonyl (C=O) groups is 2. The fourth-order valence-corrected chi connectivity index (χ4v) is 4.31. The van der Waals surface area contributed by atoms with Crippen LogP contribution in [0.4, 0.5) is 0 Å². The lowest BCUT2D eigenvalue weighted by Crippen LogP contribution is -2.63. The smallest absolute Gasteiger partial charge is 0.324 e. The Balaban J connectivity index is 2.19. The highest BCUT2D eigenvalue weighted by Gasteiger charge is 2.44. The maximum atomic E-state index is 12.9. The molecule has 0 saturated carbocycles. The molecule has 2 rings (SSSR count). The Labute approximate surface area is 164 Å². The fourth-order valence-electron chi connectivity index (χ4n) is 2.70. The molecule has 1 aromatic rings. The van der Waals surface area contributed by atoms with Crippen LogP contribution in [0.2, 0.25) is 0 Å². The minimum absolute atomic E-state index is 0.117. The summed E-state index contributed by atoms with van der Waals surface area (Å²) in [5, 5.41) is 11.9. The van der Waals surface area contributed by atoms with Crippen molar-refractivity contribution in [3.63, 3.8) is 0 Å². The van der Waals surface area contributed by atoms with Crippen molar-refractivity contribution >= 4 is 21.9 Å². The van der Waals surface area contributed by atoms with Crippen molar-refractivity contribution in [3.8, 4) is 17.6 Å². The predicted molar refractivity (Wildman–Crippen MR) is 102 cm³/mol. The zero-order chi connectivity index (χ0) is 21.1. The van der Waals surface area contributed by atoms with Crippen LogP contribution in [-0.2, 0) is 19.6 Å². The number of amides is 1. The second-order valence-corrected chi connectivity index (χ2v) is 9.39. The molecular weight excluding hydrogens is 384 g/mol. The van der Waals surface area contributed by atoms with E-state index in [4.69, 9.17) is 4.74 Å². The molecule has 2 atom stereocenters. The van der Waals surface area contributed by atoms with Gasteiger partial charge >= 0.3 is 5.97 Å². The van der Waals surface area contributed by atoms with Gasteiger partial charge in [0.25, 0.3) is 0 Å². The Hall–Kier alpha value is -2.57. The minimum atomic E-state index is -4.18. The molecule has 9 heteroatoms. The van der Waals surface area contributed by atoms with Gasteiger partial charge < -0.3 is 15.2 Å². The molecule has 1 fully saturated rings. The van der Waals surface area contributed by atoms with Gasteiger partial charge in [0.15, 0.2) is 0 Å². The van der Waals surface area contributed by atoms with E-state index in [-0.39, 0.29) is 16.9 Å². The molecule has 1 aliphatic rings. The van der Waals surface area contributed by atoms with Gasteiger partial charge in [-0.25, -0.2) is 8.42 Å².